The molecule has 2 heterocycles. The van der Waals surface area contributed by atoms with Crippen LogP contribution in [0.3, 0.4) is 0 Å². The molecule has 2 aromatic rings. The average Bonchev–Trinajstić information content (AvgIpc) is 3.30. The molecule has 0 spiro atoms. The first-order chi connectivity index (χ1) is 21.7. The molecule has 3 aliphatic rings. The van der Waals surface area contributed by atoms with E-state index >= 15 is 0 Å². The molecule has 4 N–H and O–H groups in total. The third kappa shape index (κ3) is 7.22. The fourth-order valence-corrected chi connectivity index (χ4v) is 7.58. The highest BCUT2D eigenvalue weighted by atomic mass is 19.1. The van der Waals surface area contributed by atoms with E-state index < -0.39 is 42.0 Å². The van der Waals surface area contributed by atoms with Gasteiger partial charge in [-0.15, -0.1) is 0 Å². The molecule has 45 heavy (non-hydrogen) atoms. The van der Waals surface area contributed by atoms with Crippen molar-refractivity contribution in [3.8, 4) is 5.75 Å². The number of imide groups is 1. The zero-order chi connectivity index (χ0) is 32.1. The van der Waals surface area contributed by atoms with Crippen molar-refractivity contribution >= 4 is 17.9 Å². The van der Waals surface area contributed by atoms with Crippen molar-refractivity contribution in [3.05, 3.63) is 82.2 Å². The number of amides is 2. The molecule has 242 valence electrons. The maximum atomic E-state index is 13.9. The molecule has 2 aromatic carbocycles. The molecule has 0 radical (unpaired) electrons. The molecule has 2 amide bonds. The number of aliphatic hydroxyl groups excluding tert-OH is 3. The standard InChI is InChI=1S/C36H45FN2O6/c1-2-6-23(17-25-10-11-31(42)30(37)18-25)9-12-32(43)33-26(21-40)19-28-34(29(33)22-41)36(45)39(35(28)44)27-13-15-38(16-14-27)20-24-7-4-3-5-8-24/h3-5,7-8,10-11,17-18,27-29,32,34,40-43H,2,6,9,12-16,19-22H2,1H3/b23-17+/t28-,29+,32-,34-/m1/s1. The first-order valence-corrected chi connectivity index (χ1v) is 16.2. The van der Waals surface area contributed by atoms with Crippen molar-refractivity contribution < 1.29 is 34.4 Å². The Bertz CT molecular complexity index is 1420. The van der Waals surface area contributed by atoms with E-state index in [4.69, 9.17) is 0 Å². The van der Waals surface area contributed by atoms with Crippen molar-refractivity contribution in [2.75, 3.05) is 26.3 Å². The van der Waals surface area contributed by atoms with Crippen LogP contribution in [0.25, 0.3) is 6.08 Å². The van der Waals surface area contributed by atoms with E-state index in [1.54, 1.807) is 6.07 Å². The highest BCUT2D eigenvalue weighted by Gasteiger charge is 2.56. The van der Waals surface area contributed by atoms with Gasteiger partial charge < -0.3 is 20.4 Å². The molecule has 0 aromatic heterocycles. The number of halogens is 1. The van der Waals surface area contributed by atoms with E-state index in [1.807, 2.05) is 31.2 Å². The minimum Gasteiger partial charge on any atom is -0.505 e. The monoisotopic (exact) mass is 620 g/mol. The summed E-state index contributed by atoms with van der Waals surface area (Å²) in [6, 6.07) is 14.2. The fourth-order valence-electron chi connectivity index (χ4n) is 7.58. The van der Waals surface area contributed by atoms with Gasteiger partial charge in [0.1, 0.15) is 0 Å². The summed E-state index contributed by atoms with van der Waals surface area (Å²) >= 11 is 0. The Morgan fingerprint density at radius 1 is 1.04 bits per heavy atom. The second-order valence-electron chi connectivity index (χ2n) is 12.7. The molecule has 0 saturated carbocycles. The van der Waals surface area contributed by atoms with Crippen molar-refractivity contribution in [1.29, 1.82) is 0 Å². The smallest absolute Gasteiger partial charge is 0.234 e. The third-order valence-electron chi connectivity index (χ3n) is 9.79. The Morgan fingerprint density at radius 3 is 2.42 bits per heavy atom. The Balaban J connectivity index is 1.28. The van der Waals surface area contributed by atoms with Crippen molar-refractivity contribution in [2.45, 2.75) is 70.6 Å². The normalized spacial score (nSPS) is 24.0. The van der Waals surface area contributed by atoms with Gasteiger partial charge in [0.2, 0.25) is 11.8 Å². The van der Waals surface area contributed by atoms with Crippen LogP contribution in [0.4, 0.5) is 4.39 Å². The zero-order valence-corrected chi connectivity index (χ0v) is 25.9. The van der Waals surface area contributed by atoms with Gasteiger partial charge in [0.05, 0.1) is 31.2 Å². The third-order valence-corrected chi connectivity index (χ3v) is 9.79. The first kappa shape index (κ1) is 33.0. The summed E-state index contributed by atoms with van der Waals surface area (Å²) in [6.45, 7) is 3.60. The van der Waals surface area contributed by atoms with E-state index in [2.05, 4.69) is 17.0 Å². The number of piperidine rings is 1. The van der Waals surface area contributed by atoms with E-state index in [0.29, 0.717) is 36.0 Å². The van der Waals surface area contributed by atoms with Gasteiger partial charge in [0.25, 0.3) is 0 Å². The van der Waals surface area contributed by atoms with Crippen LogP contribution in [0.2, 0.25) is 0 Å². The van der Waals surface area contributed by atoms with Crippen LogP contribution in [0.1, 0.15) is 63.0 Å². The number of phenols is 1. The maximum Gasteiger partial charge on any atom is 0.234 e. The Kier molecular flexibility index (Phi) is 10.9. The number of carbonyl (C=O) groups is 2. The summed E-state index contributed by atoms with van der Waals surface area (Å²) in [7, 11) is 0. The average molecular weight is 621 g/mol. The highest BCUT2D eigenvalue weighted by molar-refractivity contribution is 6.06. The lowest BCUT2D eigenvalue weighted by Gasteiger charge is -2.36. The lowest BCUT2D eigenvalue weighted by atomic mass is 9.68. The van der Waals surface area contributed by atoms with Crippen molar-refractivity contribution in [2.24, 2.45) is 17.8 Å². The molecular weight excluding hydrogens is 575 g/mol. The lowest BCUT2D eigenvalue weighted by molar-refractivity contribution is -0.144. The molecule has 9 heteroatoms. The van der Waals surface area contributed by atoms with Gasteiger partial charge in [-0.05, 0) is 72.9 Å². The quantitative estimate of drug-likeness (QED) is 0.205. The van der Waals surface area contributed by atoms with Gasteiger partial charge in [-0.3, -0.25) is 19.4 Å². The van der Waals surface area contributed by atoms with Crippen LogP contribution in [0.5, 0.6) is 5.75 Å². The second kappa shape index (κ2) is 14.8. The highest BCUT2D eigenvalue weighted by Crippen LogP contribution is 2.47. The van der Waals surface area contributed by atoms with E-state index in [0.717, 1.165) is 38.0 Å². The van der Waals surface area contributed by atoms with Crippen molar-refractivity contribution in [3.63, 3.8) is 0 Å². The van der Waals surface area contributed by atoms with Gasteiger partial charge >= 0.3 is 0 Å². The number of nitrogens with zero attached hydrogens (tertiary/aromatic N) is 2. The molecule has 4 atom stereocenters. The summed E-state index contributed by atoms with van der Waals surface area (Å²) in [4.78, 5) is 31.4. The number of carbonyl (C=O) groups excluding carboxylic acids is 2. The number of phenolic OH excluding ortho intramolecular Hbond substituents is 1. The molecule has 2 saturated heterocycles. The zero-order valence-electron chi connectivity index (χ0n) is 25.9. The van der Waals surface area contributed by atoms with Crippen molar-refractivity contribution in [1.82, 2.24) is 9.80 Å². The lowest BCUT2D eigenvalue weighted by Crippen LogP contribution is -2.47. The summed E-state index contributed by atoms with van der Waals surface area (Å²) in [5.74, 6) is -3.83. The minimum atomic E-state index is -1.03. The summed E-state index contributed by atoms with van der Waals surface area (Å²) in [5.41, 5.74) is 3.80. The number of likely N-dealkylation sites (tertiary alicyclic amines) is 2. The number of allylic oxidation sites excluding steroid dienone is 1. The van der Waals surface area contributed by atoms with Crippen LogP contribution in [0.15, 0.2) is 65.3 Å². The molecule has 2 fully saturated rings. The number of benzene rings is 2. The van der Waals surface area contributed by atoms with Gasteiger partial charge in [-0.25, -0.2) is 4.39 Å². The minimum absolute atomic E-state index is 0.183. The molecule has 8 nitrogen and oxygen atoms in total. The Morgan fingerprint density at radius 2 is 1.78 bits per heavy atom. The van der Waals surface area contributed by atoms with E-state index in [1.165, 1.54) is 22.6 Å². The number of hydrogen-bond acceptors (Lipinski definition) is 7. The number of aromatic hydroxyl groups is 1. The van der Waals surface area contributed by atoms with E-state index in [-0.39, 0.29) is 37.3 Å². The molecule has 1 aliphatic carbocycles. The largest absolute Gasteiger partial charge is 0.505 e. The van der Waals surface area contributed by atoms with Gasteiger partial charge in [0, 0.05) is 31.6 Å². The van der Waals surface area contributed by atoms with Crippen LogP contribution in [0, 0.1) is 23.6 Å². The number of hydrogen-bond donors (Lipinski definition) is 4. The van der Waals surface area contributed by atoms with Gasteiger partial charge in [0.15, 0.2) is 11.6 Å². The predicted molar refractivity (Wildman–Crippen MR) is 169 cm³/mol. The summed E-state index contributed by atoms with van der Waals surface area (Å²) in [6.07, 6.45) is 4.69. The van der Waals surface area contributed by atoms with Gasteiger partial charge in [-0.2, -0.15) is 0 Å². The summed E-state index contributed by atoms with van der Waals surface area (Å²) in [5, 5.41) is 41.9. The SMILES string of the molecule is CCC/C(=C\c1ccc(O)c(F)c1)CC[C@@H](O)C1=C(CO)C[C@H]2C(=O)N(C3CCN(Cc4ccccc4)CC3)C(=O)[C@H]2[C@H]1CO. The van der Waals surface area contributed by atoms with Crippen LogP contribution >= 0.6 is 0 Å². The number of rotatable bonds is 12. The van der Waals surface area contributed by atoms with Crippen LogP contribution in [-0.4, -0.2) is 80.5 Å². The van der Waals surface area contributed by atoms with Crippen LogP contribution < -0.4 is 0 Å². The molecular formula is C36H45FN2O6. The topological polar surface area (TPSA) is 122 Å². The second-order valence-corrected chi connectivity index (χ2v) is 12.7. The summed E-state index contributed by atoms with van der Waals surface area (Å²) < 4.78 is 13.9. The van der Waals surface area contributed by atoms with E-state index in [9.17, 15) is 34.4 Å². The Hall–Kier alpha value is -3.37. The molecule has 2 aliphatic heterocycles. The molecule has 0 unspecified atom stereocenters. The van der Waals surface area contributed by atoms with Crippen LogP contribution in [-0.2, 0) is 16.1 Å². The molecule has 0 bridgehead atoms. The number of aliphatic hydroxyl groups is 3. The number of fused-ring (bicyclic) bond motifs is 1. The van der Waals surface area contributed by atoms with Gasteiger partial charge in [-0.1, -0.05) is 61.4 Å². The maximum absolute atomic E-state index is 13.9. The fraction of sp³-hybridized carbons (Fsp3) is 0.500. The predicted octanol–water partition coefficient (Wildman–Crippen LogP) is 4.42. The first-order valence-electron chi connectivity index (χ1n) is 16.2. The Labute approximate surface area is 264 Å². The molecule has 5 rings (SSSR count).